The minimum atomic E-state index is -0.779. The van der Waals surface area contributed by atoms with E-state index in [2.05, 4.69) is 0 Å². The quantitative estimate of drug-likeness (QED) is 0.553. The third-order valence-corrected chi connectivity index (χ3v) is 4.16. The van der Waals surface area contributed by atoms with Crippen molar-refractivity contribution in [3.05, 3.63) is 0 Å². The number of hydrogen-bond acceptors (Lipinski definition) is 4. The Morgan fingerprint density at radius 3 is 2.89 bits per heavy atom. The van der Waals surface area contributed by atoms with Gasteiger partial charge in [-0.3, -0.25) is 4.79 Å². The molecule has 1 saturated heterocycles. The van der Waals surface area contributed by atoms with Crippen LogP contribution in [0.2, 0.25) is 0 Å². The van der Waals surface area contributed by atoms with Crippen LogP contribution in [0.15, 0.2) is 0 Å². The number of carbonyl (C=O) groups excluding carboxylic acids is 2. The molecule has 0 aromatic carbocycles. The van der Waals surface area contributed by atoms with Crippen molar-refractivity contribution in [3.8, 4) is 0 Å². The molecule has 0 aromatic heterocycles. The first-order valence-electron chi connectivity index (χ1n) is 6.75. The van der Waals surface area contributed by atoms with E-state index in [-0.39, 0.29) is 12.5 Å². The second-order valence-electron chi connectivity index (χ2n) is 5.27. The van der Waals surface area contributed by atoms with Gasteiger partial charge in [0, 0.05) is 19.0 Å². The topological polar surface area (TPSA) is 66.8 Å². The Hall–Kier alpha value is -1.10. The number of nitrogens with zero attached hydrogens (tertiary/aromatic N) is 1. The summed E-state index contributed by atoms with van der Waals surface area (Å²) >= 11 is 0. The van der Waals surface area contributed by atoms with Crippen LogP contribution in [0, 0.1) is 5.92 Å². The molecule has 2 atom stereocenters. The summed E-state index contributed by atoms with van der Waals surface area (Å²) in [6, 6.07) is 0. The van der Waals surface area contributed by atoms with Crippen molar-refractivity contribution in [2.24, 2.45) is 5.92 Å². The van der Waals surface area contributed by atoms with Gasteiger partial charge in [0.2, 0.25) is 0 Å². The lowest BCUT2D eigenvalue weighted by Crippen LogP contribution is -2.55. The SMILES string of the molecule is CCOC(=O)C(=O)N1CCC2(O)CCCCC2C1. The van der Waals surface area contributed by atoms with Crippen molar-refractivity contribution in [2.45, 2.75) is 44.6 Å². The molecule has 1 heterocycles. The molecule has 5 nitrogen and oxygen atoms in total. The van der Waals surface area contributed by atoms with Crippen molar-refractivity contribution >= 4 is 11.9 Å². The molecule has 2 fully saturated rings. The summed E-state index contributed by atoms with van der Waals surface area (Å²) in [7, 11) is 0. The van der Waals surface area contributed by atoms with Crippen LogP contribution >= 0.6 is 0 Å². The number of fused-ring (bicyclic) bond motifs is 1. The molecular weight excluding hydrogens is 234 g/mol. The van der Waals surface area contributed by atoms with Crippen LogP contribution in [0.1, 0.15) is 39.0 Å². The standard InChI is InChI=1S/C13H21NO4/c1-2-18-12(16)11(15)14-8-7-13(17)6-4-3-5-10(13)9-14/h10,17H,2-9H2,1H3. The summed E-state index contributed by atoms with van der Waals surface area (Å²) in [4.78, 5) is 24.8. The Morgan fingerprint density at radius 1 is 1.39 bits per heavy atom. The van der Waals surface area contributed by atoms with Gasteiger partial charge in [-0.2, -0.15) is 0 Å². The first-order valence-corrected chi connectivity index (χ1v) is 6.75. The lowest BCUT2D eigenvalue weighted by atomic mass is 9.71. The van der Waals surface area contributed by atoms with Crippen molar-refractivity contribution < 1.29 is 19.4 Å². The number of esters is 1. The highest BCUT2D eigenvalue weighted by Gasteiger charge is 2.44. The fraction of sp³-hybridized carbons (Fsp3) is 0.846. The lowest BCUT2D eigenvalue weighted by molar-refractivity contribution is -0.165. The average molecular weight is 255 g/mol. The molecule has 2 aliphatic rings. The van der Waals surface area contributed by atoms with E-state index in [9.17, 15) is 14.7 Å². The van der Waals surface area contributed by atoms with E-state index in [0.717, 1.165) is 25.7 Å². The number of ether oxygens (including phenoxy) is 1. The number of piperidine rings is 1. The largest absolute Gasteiger partial charge is 0.459 e. The maximum absolute atomic E-state index is 11.8. The molecule has 1 aliphatic carbocycles. The van der Waals surface area contributed by atoms with Crippen LogP contribution in [0.4, 0.5) is 0 Å². The maximum atomic E-state index is 11.8. The van der Waals surface area contributed by atoms with Crippen molar-refractivity contribution in [1.29, 1.82) is 0 Å². The fourth-order valence-corrected chi connectivity index (χ4v) is 3.08. The molecule has 1 N–H and O–H groups in total. The predicted molar refractivity (Wildman–Crippen MR) is 64.7 cm³/mol. The van der Waals surface area contributed by atoms with Gasteiger partial charge >= 0.3 is 11.9 Å². The van der Waals surface area contributed by atoms with Gasteiger partial charge in [-0.1, -0.05) is 12.8 Å². The van der Waals surface area contributed by atoms with Gasteiger partial charge in [0.1, 0.15) is 0 Å². The molecular formula is C13H21NO4. The molecule has 2 rings (SSSR count). The molecule has 1 amide bonds. The van der Waals surface area contributed by atoms with Gasteiger partial charge in [-0.25, -0.2) is 4.79 Å². The van der Waals surface area contributed by atoms with E-state index in [1.54, 1.807) is 6.92 Å². The van der Waals surface area contributed by atoms with Crippen LogP contribution in [0.25, 0.3) is 0 Å². The Kier molecular flexibility index (Phi) is 3.90. The zero-order valence-corrected chi connectivity index (χ0v) is 10.9. The second-order valence-corrected chi connectivity index (χ2v) is 5.27. The predicted octanol–water partition coefficient (Wildman–Crippen LogP) is 0.703. The monoisotopic (exact) mass is 255 g/mol. The molecule has 18 heavy (non-hydrogen) atoms. The minimum absolute atomic E-state index is 0.110. The van der Waals surface area contributed by atoms with Crippen LogP contribution in [-0.4, -0.2) is 47.2 Å². The number of hydrogen-bond donors (Lipinski definition) is 1. The fourth-order valence-electron chi connectivity index (χ4n) is 3.08. The van der Waals surface area contributed by atoms with E-state index >= 15 is 0 Å². The zero-order valence-electron chi connectivity index (χ0n) is 10.9. The Labute approximate surface area is 107 Å². The van der Waals surface area contributed by atoms with Crippen molar-refractivity contribution in [2.75, 3.05) is 19.7 Å². The van der Waals surface area contributed by atoms with Gasteiger partial charge in [0.25, 0.3) is 0 Å². The van der Waals surface area contributed by atoms with E-state index in [1.807, 2.05) is 0 Å². The van der Waals surface area contributed by atoms with E-state index < -0.39 is 17.5 Å². The summed E-state index contributed by atoms with van der Waals surface area (Å²) in [5.41, 5.74) is -0.621. The first kappa shape index (κ1) is 13.3. The smallest absolute Gasteiger partial charge is 0.397 e. The lowest BCUT2D eigenvalue weighted by Gasteiger charge is -2.47. The number of amides is 1. The molecule has 102 valence electrons. The van der Waals surface area contributed by atoms with Crippen molar-refractivity contribution in [1.82, 2.24) is 4.90 Å². The van der Waals surface area contributed by atoms with Gasteiger partial charge in [-0.05, 0) is 26.2 Å². The highest BCUT2D eigenvalue weighted by Crippen LogP contribution is 2.39. The number of carbonyl (C=O) groups is 2. The van der Waals surface area contributed by atoms with E-state index in [4.69, 9.17) is 4.74 Å². The Balaban J connectivity index is 1.98. The molecule has 5 heteroatoms. The molecule has 0 bridgehead atoms. The van der Waals surface area contributed by atoms with Crippen molar-refractivity contribution in [3.63, 3.8) is 0 Å². The number of rotatable bonds is 1. The third kappa shape index (κ3) is 2.51. The Morgan fingerprint density at radius 2 is 2.17 bits per heavy atom. The van der Waals surface area contributed by atoms with E-state index in [1.165, 1.54) is 4.90 Å². The van der Waals surface area contributed by atoms with Gasteiger partial charge in [0.15, 0.2) is 0 Å². The molecule has 0 spiro atoms. The van der Waals surface area contributed by atoms with Gasteiger partial charge in [0.05, 0.1) is 12.2 Å². The molecule has 1 aliphatic heterocycles. The summed E-state index contributed by atoms with van der Waals surface area (Å²) in [6.07, 6.45) is 4.47. The highest BCUT2D eigenvalue weighted by molar-refractivity contribution is 6.32. The van der Waals surface area contributed by atoms with Crippen LogP contribution in [0.5, 0.6) is 0 Å². The van der Waals surface area contributed by atoms with Gasteiger partial charge < -0.3 is 14.7 Å². The average Bonchev–Trinajstić information content (AvgIpc) is 2.37. The second kappa shape index (κ2) is 5.26. The van der Waals surface area contributed by atoms with Crippen LogP contribution < -0.4 is 0 Å². The minimum Gasteiger partial charge on any atom is -0.459 e. The normalized spacial score (nSPS) is 31.7. The summed E-state index contributed by atoms with van der Waals surface area (Å²) in [5.74, 6) is -1.23. The molecule has 2 unspecified atom stereocenters. The zero-order chi connectivity index (χ0) is 13.2. The summed E-state index contributed by atoms with van der Waals surface area (Å²) in [5, 5.41) is 10.5. The number of aliphatic hydroxyl groups is 1. The highest BCUT2D eigenvalue weighted by atomic mass is 16.5. The third-order valence-electron chi connectivity index (χ3n) is 4.16. The molecule has 0 aromatic rings. The summed E-state index contributed by atoms with van der Waals surface area (Å²) in [6.45, 7) is 2.83. The number of likely N-dealkylation sites (tertiary alicyclic amines) is 1. The van der Waals surface area contributed by atoms with Gasteiger partial charge in [-0.15, -0.1) is 0 Å². The maximum Gasteiger partial charge on any atom is 0.397 e. The molecule has 0 radical (unpaired) electrons. The molecule has 1 saturated carbocycles. The first-order chi connectivity index (χ1) is 8.57. The van der Waals surface area contributed by atoms with Crippen LogP contribution in [0.3, 0.4) is 0 Å². The van der Waals surface area contributed by atoms with E-state index in [0.29, 0.717) is 19.5 Å². The summed E-state index contributed by atoms with van der Waals surface area (Å²) < 4.78 is 4.73. The van der Waals surface area contributed by atoms with Crippen LogP contribution in [-0.2, 0) is 14.3 Å². The Bertz CT molecular complexity index is 344.